The Morgan fingerprint density at radius 3 is 2.37 bits per heavy atom. The summed E-state index contributed by atoms with van der Waals surface area (Å²) in [5.74, 6) is -0.0405. The second-order valence-electron chi connectivity index (χ2n) is 10.3. The monoisotopic (exact) mass is 469 g/mol. The number of likely N-dealkylation sites (tertiary alicyclic amines) is 3. The number of aryl methyl sites for hydroxylation is 2. The molecule has 2 amide bonds. The number of benzene rings is 2. The van der Waals surface area contributed by atoms with E-state index in [1.165, 1.54) is 22.3 Å². The fourth-order valence-electron chi connectivity index (χ4n) is 6.73. The van der Waals surface area contributed by atoms with E-state index in [0.29, 0.717) is 19.5 Å². The number of rotatable bonds is 4. The van der Waals surface area contributed by atoms with Gasteiger partial charge in [0.05, 0.1) is 24.2 Å². The Morgan fingerprint density at radius 1 is 1.09 bits per heavy atom. The Kier molecular flexibility index (Phi) is 5.58. The maximum absolute atomic E-state index is 13.8. The average molecular weight is 470 g/mol. The molecule has 7 heteroatoms. The molecule has 0 spiro atoms. The van der Waals surface area contributed by atoms with Crippen molar-refractivity contribution >= 4 is 11.8 Å². The molecule has 3 saturated heterocycles. The molecule has 3 unspecified atom stereocenters. The van der Waals surface area contributed by atoms with Crippen molar-refractivity contribution in [2.75, 3.05) is 19.6 Å². The lowest BCUT2D eigenvalue weighted by Gasteiger charge is -2.40. The van der Waals surface area contributed by atoms with E-state index in [9.17, 15) is 14.9 Å². The summed E-state index contributed by atoms with van der Waals surface area (Å²) in [6, 6.07) is 17.9. The van der Waals surface area contributed by atoms with E-state index < -0.39 is 6.04 Å². The number of nitriles is 1. The predicted octanol–water partition coefficient (Wildman–Crippen LogP) is 2.00. The lowest BCUT2D eigenvalue weighted by atomic mass is 9.92. The molecule has 6 rings (SSSR count). The van der Waals surface area contributed by atoms with Gasteiger partial charge in [-0.3, -0.25) is 14.5 Å². The summed E-state index contributed by atoms with van der Waals surface area (Å²) >= 11 is 0. The van der Waals surface area contributed by atoms with E-state index in [2.05, 4.69) is 64.4 Å². The van der Waals surface area contributed by atoms with Crippen LogP contribution in [-0.4, -0.2) is 70.3 Å². The number of amides is 2. The zero-order valence-electron chi connectivity index (χ0n) is 19.8. The quantitative estimate of drug-likeness (QED) is 0.739. The third kappa shape index (κ3) is 3.64. The van der Waals surface area contributed by atoms with Crippen molar-refractivity contribution in [3.05, 3.63) is 70.8 Å². The minimum absolute atomic E-state index is 0.0779. The van der Waals surface area contributed by atoms with E-state index >= 15 is 0 Å². The van der Waals surface area contributed by atoms with Crippen molar-refractivity contribution in [1.82, 2.24) is 14.7 Å². The van der Waals surface area contributed by atoms with Crippen molar-refractivity contribution in [2.24, 2.45) is 5.73 Å². The van der Waals surface area contributed by atoms with E-state index in [4.69, 9.17) is 5.73 Å². The summed E-state index contributed by atoms with van der Waals surface area (Å²) in [7, 11) is 0. The van der Waals surface area contributed by atoms with Crippen LogP contribution in [0.25, 0.3) is 0 Å². The summed E-state index contributed by atoms with van der Waals surface area (Å²) in [6.45, 7) is 1.66. The molecule has 35 heavy (non-hydrogen) atoms. The number of nitrogens with zero attached hydrogens (tertiary/aromatic N) is 4. The molecule has 2 bridgehead atoms. The molecule has 1 aliphatic carbocycles. The van der Waals surface area contributed by atoms with E-state index in [1.54, 1.807) is 4.90 Å². The van der Waals surface area contributed by atoms with Crippen LogP contribution in [0.2, 0.25) is 0 Å². The fourth-order valence-corrected chi connectivity index (χ4v) is 6.73. The van der Waals surface area contributed by atoms with Crippen LogP contribution < -0.4 is 5.73 Å². The molecule has 180 valence electrons. The molecule has 0 radical (unpaired) electrons. The average Bonchev–Trinajstić information content (AvgIpc) is 3.56. The number of hydrogen-bond donors (Lipinski definition) is 1. The van der Waals surface area contributed by atoms with Gasteiger partial charge in [-0.15, -0.1) is 0 Å². The van der Waals surface area contributed by atoms with Gasteiger partial charge >= 0.3 is 0 Å². The molecule has 2 aromatic carbocycles. The highest BCUT2D eigenvalue weighted by Crippen LogP contribution is 2.44. The highest BCUT2D eigenvalue weighted by atomic mass is 16.2. The maximum atomic E-state index is 13.8. The van der Waals surface area contributed by atoms with Crippen LogP contribution in [0.5, 0.6) is 0 Å². The van der Waals surface area contributed by atoms with Gasteiger partial charge in [0, 0.05) is 25.7 Å². The first kappa shape index (κ1) is 22.3. The number of carbonyl (C=O) groups excluding carboxylic acids is 2. The summed E-state index contributed by atoms with van der Waals surface area (Å²) in [5.41, 5.74) is 11.4. The van der Waals surface area contributed by atoms with Crippen molar-refractivity contribution in [3.8, 4) is 6.07 Å². The first-order valence-electron chi connectivity index (χ1n) is 12.7. The molecule has 2 aromatic rings. The number of piperazine rings is 1. The predicted molar refractivity (Wildman–Crippen MR) is 131 cm³/mol. The van der Waals surface area contributed by atoms with Gasteiger partial charge < -0.3 is 15.5 Å². The third-order valence-corrected chi connectivity index (χ3v) is 8.39. The Balaban J connectivity index is 1.24. The number of carbonyl (C=O) groups is 2. The van der Waals surface area contributed by atoms with Crippen LogP contribution in [0, 0.1) is 11.3 Å². The summed E-state index contributed by atoms with van der Waals surface area (Å²) < 4.78 is 0. The number of hydrogen-bond acceptors (Lipinski definition) is 5. The molecule has 4 aliphatic rings. The summed E-state index contributed by atoms with van der Waals surface area (Å²) in [5, 5.41) is 9.34. The van der Waals surface area contributed by atoms with Gasteiger partial charge in [-0.2, -0.15) is 5.26 Å². The van der Waals surface area contributed by atoms with Gasteiger partial charge in [0.1, 0.15) is 6.04 Å². The Hall–Kier alpha value is -3.21. The maximum Gasteiger partial charge on any atom is 0.241 e. The highest BCUT2D eigenvalue weighted by Gasteiger charge is 2.53. The largest absolute Gasteiger partial charge is 0.326 e. The minimum Gasteiger partial charge on any atom is -0.326 e. The van der Waals surface area contributed by atoms with Crippen molar-refractivity contribution in [3.63, 3.8) is 0 Å². The standard InChI is InChI=1S/C28H31N5O2/c29-15-20-8-5-13-32(20)27(34)24(30)17-31-16-21-14-25(31)28(35)33(21)26-22-9-3-1-6-18(22)11-12-19-7-2-4-10-23(19)26/h1-4,6-7,9-10,20-21,24-26H,5,8,11-14,16-17,30H2/t20?,21?,24?,25-/m0/s1. The lowest BCUT2D eigenvalue weighted by Crippen LogP contribution is -2.57. The van der Waals surface area contributed by atoms with Crippen molar-refractivity contribution in [1.29, 1.82) is 5.26 Å². The van der Waals surface area contributed by atoms with Crippen LogP contribution >= 0.6 is 0 Å². The van der Waals surface area contributed by atoms with Crippen LogP contribution in [-0.2, 0) is 22.4 Å². The highest BCUT2D eigenvalue weighted by molar-refractivity contribution is 5.87. The normalized spacial score (nSPS) is 26.9. The molecular formula is C28H31N5O2. The summed E-state index contributed by atoms with van der Waals surface area (Å²) in [6.07, 6.45) is 4.27. The fraction of sp³-hybridized carbons (Fsp3) is 0.464. The molecule has 0 saturated carbocycles. The topological polar surface area (TPSA) is 93.7 Å². The number of fused-ring (bicyclic) bond motifs is 4. The van der Waals surface area contributed by atoms with Gasteiger partial charge in [-0.05, 0) is 54.4 Å². The van der Waals surface area contributed by atoms with E-state index in [-0.39, 0.29) is 36.0 Å². The van der Waals surface area contributed by atoms with Gasteiger partial charge in [0.25, 0.3) is 0 Å². The number of nitrogens with two attached hydrogens (primary N) is 1. The van der Waals surface area contributed by atoms with Gasteiger partial charge in [-0.1, -0.05) is 48.5 Å². The zero-order valence-corrected chi connectivity index (χ0v) is 19.8. The van der Waals surface area contributed by atoms with E-state index in [1.807, 2.05) is 0 Å². The van der Waals surface area contributed by atoms with Crippen molar-refractivity contribution in [2.45, 2.75) is 62.3 Å². The molecule has 7 nitrogen and oxygen atoms in total. The molecule has 3 fully saturated rings. The smallest absolute Gasteiger partial charge is 0.241 e. The van der Waals surface area contributed by atoms with Crippen LogP contribution in [0.15, 0.2) is 48.5 Å². The Morgan fingerprint density at radius 2 is 1.74 bits per heavy atom. The Labute approximate surface area is 206 Å². The third-order valence-electron chi connectivity index (χ3n) is 8.39. The second-order valence-corrected chi connectivity index (χ2v) is 10.3. The molecule has 4 atom stereocenters. The molecular weight excluding hydrogens is 438 g/mol. The molecule has 0 aromatic heterocycles. The molecule has 2 N–H and O–H groups in total. The van der Waals surface area contributed by atoms with Crippen LogP contribution in [0.3, 0.4) is 0 Å². The second kappa shape index (κ2) is 8.78. The zero-order chi connectivity index (χ0) is 24.1. The van der Waals surface area contributed by atoms with Crippen molar-refractivity contribution < 1.29 is 9.59 Å². The van der Waals surface area contributed by atoms with Crippen LogP contribution in [0.1, 0.15) is 47.6 Å². The molecule has 3 heterocycles. The van der Waals surface area contributed by atoms with E-state index in [0.717, 1.165) is 32.2 Å². The van der Waals surface area contributed by atoms with Gasteiger partial charge in [-0.25, -0.2) is 0 Å². The van der Waals surface area contributed by atoms with Gasteiger partial charge in [0.2, 0.25) is 11.8 Å². The first-order valence-corrected chi connectivity index (χ1v) is 12.7. The van der Waals surface area contributed by atoms with Crippen LogP contribution in [0.4, 0.5) is 0 Å². The lowest BCUT2D eigenvalue weighted by molar-refractivity contribution is -0.140. The summed E-state index contributed by atoms with van der Waals surface area (Å²) in [4.78, 5) is 32.6. The minimum atomic E-state index is -0.719. The SMILES string of the molecule is N#CC1CCCN1C(=O)C(N)CN1CC2C[C@H]1C(=O)N2C1c2ccccc2CCc2ccccc21. The molecule has 3 aliphatic heterocycles. The van der Waals surface area contributed by atoms with Gasteiger partial charge in [0.15, 0.2) is 0 Å². The Bertz CT molecular complexity index is 1160. The first-order chi connectivity index (χ1) is 17.1.